The normalized spacial score (nSPS) is 16.5. The summed E-state index contributed by atoms with van der Waals surface area (Å²) >= 11 is 0. The molecule has 0 heterocycles. The second-order valence-corrected chi connectivity index (χ2v) is 6.48. The second kappa shape index (κ2) is 7.43. The van der Waals surface area contributed by atoms with Gasteiger partial charge >= 0.3 is 5.97 Å². The molecule has 0 radical (unpaired) electrons. The van der Waals surface area contributed by atoms with Crippen LogP contribution in [0.25, 0.3) is 0 Å². The van der Waals surface area contributed by atoms with Crippen LogP contribution < -0.4 is 0 Å². The molecule has 0 spiro atoms. The molecule has 1 aliphatic carbocycles. The van der Waals surface area contributed by atoms with Gasteiger partial charge in [0.25, 0.3) is 0 Å². The number of rotatable bonds is 6. The SMILES string of the molecule is CC(CC1CCCC1)C(=O)N(C)Cc1ccc(C(=O)O)cc1. The van der Waals surface area contributed by atoms with E-state index in [2.05, 4.69) is 0 Å². The molecule has 2 rings (SSSR count). The minimum Gasteiger partial charge on any atom is -0.478 e. The summed E-state index contributed by atoms with van der Waals surface area (Å²) in [5.41, 5.74) is 1.22. The lowest BCUT2D eigenvalue weighted by molar-refractivity contribution is -0.134. The van der Waals surface area contributed by atoms with Gasteiger partial charge in [0.15, 0.2) is 0 Å². The van der Waals surface area contributed by atoms with Crippen molar-refractivity contribution in [3.63, 3.8) is 0 Å². The molecule has 1 aliphatic rings. The Kier molecular flexibility index (Phi) is 5.58. The lowest BCUT2D eigenvalue weighted by Gasteiger charge is -2.23. The Morgan fingerprint density at radius 2 is 1.82 bits per heavy atom. The predicted molar refractivity (Wildman–Crippen MR) is 85.6 cm³/mol. The molecule has 0 saturated heterocycles. The van der Waals surface area contributed by atoms with Crippen LogP contribution in [0.3, 0.4) is 0 Å². The zero-order valence-electron chi connectivity index (χ0n) is 13.4. The van der Waals surface area contributed by atoms with Gasteiger partial charge in [-0.05, 0) is 30.0 Å². The topological polar surface area (TPSA) is 57.6 Å². The summed E-state index contributed by atoms with van der Waals surface area (Å²) in [4.78, 5) is 25.0. The molecule has 1 amide bonds. The summed E-state index contributed by atoms with van der Waals surface area (Å²) in [7, 11) is 1.82. The van der Waals surface area contributed by atoms with Gasteiger partial charge in [0.2, 0.25) is 5.91 Å². The van der Waals surface area contributed by atoms with Crippen LogP contribution >= 0.6 is 0 Å². The molecule has 0 bridgehead atoms. The highest BCUT2D eigenvalue weighted by atomic mass is 16.4. The van der Waals surface area contributed by atoms with E-state index in [0.29, 0.717) is 12.5 Å². The van der Waals surface area contributed by atoms with E-state index in [1.165, 1.54) is 25.7 Å². The average molecular weight is 303 g/mol. The molecule has 4 heteroatoms. The van der Waals surface area contributed by atoms with Crippen LogP contribution in [0.1, 0.15) is 54.9 Å². The molecule has 1 fully saturated rings. The zero-order valence-corrected chi connectivity index (χ0v) is 13.4. The number of nitrogens with zero attached hydrogens (tertiary/aromatic N) is 1. The number of hydrogen-bond donors (Lipinski definition) is 1. The van der Waals surface area contributed by atoms with Crippen molar-refractivity contribution < 1.29 is 14.7 Å². The molecule has 1 unspecified atom stereocenters. The van der Waals surface area contributed by atoms with E-state index in [0.717, 1.165) is 12.0 Å². The number of carboxylic acid groups (broad SMARTS) is 1. The quantitative estimate of drug-likeness (QED) is 0.874. The number of aromatic carboxylic acids is 1. The van der Waals surface area contributed by atoms with Crippen molar-refractivity contribution in [3.8, 4) is 0 Å². The fraction of sp³-hybridized carbons (Fsp3) is 0.556. The standard InChI is InChI=1S/C18H25NO3/c1-13(11-14-5-3-4-6-14)17(20)19(2)12-15-7-9-16(10-8-15)18(21)22/h7-10,13-14H,3-6,11-12H2,1-2H3,(H,21,22). The zero-order chi connectivity index (χ0) is 16.1. The van der Waals surface area contributed by atoms with Crippen molar-refractivity contribution in [2.75, 3.05) is 7.05 Å². The first-order valence-electron chi connectivity index (χ1n) is 8.04. The Balaban J connectivity index is 1.88. The maximum atomic E-state index is 12.4. The predicted octanol–water partition coefficient (Wildman–Crippen LogP) is 3.56. The first-order valence-corrected chi connectivity index (χ1v) is 8.04. The van der Waals surface area contributed by atoms with Gasteiger partial charge in [0.05, 0.1) is 5.56 Å². The molecule has 0 aromatic heterocycles. The monoisotopic (exact) mass is 303 g/mol. The molecule has 0 aliphatic heterocycles. The van der Waals surface area contributed by atoms with E-state index in [1.807, 2.05) is 14.0 Å². The minimum atomic E-state index is -0.929. The van der Waals surface area contributed by atoms with Crippen LogP contribution in [0.15, 0.2) is 24.3 Å². The van der Waals surface area contributed by atoms with Gasteiger partial charge in [0.1, 0.15) is 0 Å². The smallest absolute Gasteiger partial charge is 0.335 e. The van der Waals surface area contributed by atoms with Gasteiger partial charge < -0.3 is 10.0 Å². The van der Waals surface area contributed by atoms with E-state index in [-0.39, 0.29) is 17.4 Å². The van der Waals surface area contributed by atoms with Crippen LogP contribution in [0, 0.1) is 11.8 Å². The van der Waals surface area contributed by atoms with Gasteiger partial charge in [-0.2, -0.15) is 0 Å². The van der Waals surface area contributed by atoms with Crippen molar-refractivity contribution in [1.29, 1.82) is 0 Å². The second-order valence-electron chi connectivity index (χ2n) is 6.48. The highest BCUT2D eigenvalue weighted by molar-refractivity contribution is 5.87. The maximum absolute atomic E-state index is 12.4. The Bertz CT molecular complexity index is 518. The van der Waals surface area contributed by atoms with Crippen molar-refractivity contribution in [2.45, 2.75) is 45.6 Å². The Hall–Kier alpha value is -1.84. The molecule has 1 aromatic carbocycles. The number of carboxylic acids is 1. The number of amides is 1. The lowest BCUT2D eigenvalue weighted by atomic mass is 9.93. The first kappa shape index (κ1) is 16.5. The highest BCUT2D eigenvalue weighted by Gasteiger charge is 2.23. The molecule has 120 valence electrons. The van der Waals surface area contributed by atoms with Crippen LogP contribution in [-0.2, 0) is 11.3 Å². The minimum absolute atomic E-state index is 0.0615. The number of benzene rings is 1. The molecule has 1 N–H and O–H groups in total. The fourth-order valence-electron chi connectivity index (χ4n) is 3.33. The summed E-state index contributed by atoms with van der Waals surface area (Å²) in [5, 5.41) is 8.89. The summed E-state index contributed by atoms with van der Waals surface area (Å²) < 4.78 is 0. The Morgan fingerprint density at radius 1 is 1.23 bits per heavy atom. The highest BCUT2D eigenvalue weighted by Crippen LogP contribution is 2.30. The maximum Gasteiger partial charge on any atom is 0.335 e. The largest absolute Gasteiger partial charge is 0.478 e. The van der Waals surface area contributed by atoms with Crippen LogP contribution in [0.4, 0.5) is 0 Å². The number of carbonyl (C=O) groups is 2. The molecule has 1 atom stereocenters. The Morgan fingerprint density at radius 3 is 2.36 bits per heavy atom. The third kappa shape index (κ3) is 4.33. The van der Waals surface area contributed by atoms with Crippen LogP contribution in [0.5, 0.6) is 0 Å². The van der Waals surface area contributed by atoms with Crippen molar-refractivity contribution in [1.82, 2.24) is 4.90 Å². The van der Waals surface area contributed by atoms with Gasteiger partial charge in [-0.1, -0.05) is 44.7 Å². The number of carbonyl (C=O) groups excluding carboxylic acids is 1. The van der Waals surface area contributed by atoms with Crippen molar-refractivity contribution >= 4 is 11.9 Å². The molecular formula is C18H25NO3. The third-order valence-electron chi connectivity index (χ3n) is 4.58. The van der Waals surface area contributed by atoms with Gasteiger partial charge in [-0.15, -0.1) is 0 Å². The van der Waals surface area contributed by atoms with Gasteiger partial charge in [0, 0.05) is 19.5 Å². The van der Waals surface area contributed by atoms with Crippen LogP contribution in [-0.4, -0.2) is 28.9 Å². The van der Waals surface area contributed by atoms with E-state index in [9.17, 15) is 9.59 Å². The Labute approximate surface area is 132 Å². The molecule has 22 heavy (non-hydrogen) atoms. The molecule has 4 nitrogen and oxygen atoms in total. The third-order valence-corrected chi connectivity index (χ3v) is 4.58. The summed E-state index contributed by atoms with van der Waals surface area (Å²) in [6.45, 7) is 2.54. The summed E-state index contributed by atoms with van der Waals surface area (Å²) in [5.74, 6) is 0.0176. The van der Waals surface area contributed by atoms with Gasteiger partial charge in [-0.25, -0.2) is 4.79 Å². The lowest BCUT2D eigenvalue weighted by Crippen LogP contribution is -2.32. The summed E-state index contributed by atoms with van der Waals surface area (Å²) in [6, 6.07) is 6.71. The molecule has 1 saturated carbocycles. The van der Waals surface area contributed by atoms with Crippen molar-refractivity contribution in [2.24, 2.45) is 11.8 Å². The van der Waals surface area contributed by atoms with Crippen LogP contribution in [0.2, 0.25) is 0 Å². The first-order chi connectivity index (χ1) is 10.5. The molecule has 1 aromatic rings. The van der Waals surface area contributed by atoms with E-state index in [4.69, 9.17) is 5.11 Å². The fourth-order valence-corrected chi connectivity index (χ4v) is 3.33. The number of hydrogen-bond acceptors (Lipinski definition) is 2. The van der Waals surface area contributed by atoms with E-state index in [1.54, 1.807) is 29.2 Å². The van der Waals surface area contributed by atoms with Gasteiger partial charge in [-0.3, -0.25) is 4.79 Å². The van der Waals surface area contributed by atoms with E-state index >= 15 is 0 Å². The average Bonchev–Trinajstić information content (AvgIpc) is 2.99. The molecular weight excluding hydrogens is 278 g/mol. The summed E-state index contributed by atoms with van der Waals surface area (Å²) in [6.07, 6.45) is 6.12. The van der Waals surface area contributed by atoms with E-state index < -0.39 is 5.97 Å². The van der Waals surface area contributed by atoms with Crippen molar-refractivity contribution in [3.05, 3.63) is 35.4 Å².